The van der Waals surface area contributed by atoms with Gasteiger partial charge in [-0.2, -0.15) is 0 Å². The fraction of sp³-hybridized carbons (Fsp3) is 0.923. The fourth-order valence-corrected chi connectivity index (χ4v) is 2.39. The van der Waals surface area contributed by atoms with Crippen LogP contribution in [0.15, 0.2) is 0 Å². The van der Waals surface area contributed by atoms with Crippen LogP contribution < -0.4 is 5.32 Å². The predicted molar refractivity (Wildman–Crippen MR) is 69.1 cm³/mol. The second-order valence-corrected chi connectivity index (χ2v) is 5.43. The second-order valence-electron chi connectivity index (χ2n) is 5.43. The number of carbonyl (C=O) groups excluding carboxylic acids is 1. The van der Waals surface area contributed by atoms with E-state index in [0.717, 1.165) is 25.9 Å². The maximum atomic E-state index is 12.0. The third-order valence-corrected chi connectivity index (χ3v) is 2.98. The van der Waals surface area contributed by atoms with Crippen LogP contribution in [0.3, 0.4) is 0 Å². The largest absolute Gasteiger partial charge is 0.444 e. The standard InChI is InChI=1S/C11H20N2O2.C2H6/c1-11(2,3)15-10(14)13-8-4-5-9(13)7-12-6-8;1-2/h8-9,12H,4-7H2,1-3H3;1-2H3. The van der Waals surface area contributed by atoms with Crippen molar-refractivity contribution >= 4 is 6.09 Å². The number of piperazine rings is 1. The van der Waals surface area contributed by atoms with Crippen LogP contribution in [0.1, 0.15) is 47.5 Å². The van der Waals surface area contributed by atoms with E-state index in [0.29, 0.717) is 12.1 Å². The number of carbonyl (C=O) groups is 1. The molecular weight excluding hydrogens is 216 g/mol. The van der Waals surface area contributed by atoms with Crippen molar-refractivity contribution in [3.63, 3.8) is 0 Å². The lowest BCUT2D eigenvalue weighted by Crippen LogP contribution is -2.55. The van der Waals surface area contributed by atoms with Gasteiger partial charge in [0.05, 0.1) is 0 Å². The maximum Gasteiger partial charge on any atom is 0.410 e. The van der Waals surface area contributed by atoms with Gasteiger partial charge in [0.1, 0.15) is 5.60 Å². The SMILES string of the molecule is CC.CC(C)(C)OC(=O)N1C2CCC1CNC2. The molecule has 2 aliphatic heterocycles. The van der Waals surface area contributed by atoms with Crippen molar-refractivity contribution in [3.05, 3.63) is 0 Å². The summed E-state index contributed by atoms with van der Waals surface area (Å²) in [5.41, 5.74) is -0.388. The van der Waals surface area contributed by atoms with E-state index in [2.05, 4.69) is 5.32 Å². The van der Waals surface area contributed by atoms with Crippen molar-refractivity contribution in [2.75, 3.05) is 13.1 Å². The number of hydrogen-bond donors (Lipinski definition) is 1. The van der Waals surface area contributed by atoms with Crippen LogP contribution in [0.25, 0.3) is 0 Å². The summed E-state index contributed by atoms with van der Waals surface area (Å²) in [5, 5.41) is 3.35. The summed E-state index contributed by atoms with van der Waals surface area (Å²) < 4.78 is 5.42. The molecule has 0 spiro atoms. The first-order chi connectivity index (χ1) is 7.97. The van der Waals surface area contributed by atoms with Crippen molar-refractivity contribution in [1.82, 2.24) is 10.2 Å². The Kier molecular flexibility index (Phi) is 4.80. The quantitative estimate of drug-likeness (QED) is 0.709. The van der Waals surface area contributed by atoms with Crippen LogP contribution in [0, 0.1) is 0 Å². The molecular formula is C13H26N2O2. The van der Waals surface area contributed by atoms with E-state index in [1.807, 2.05) is 39.5 Å². The number of nitrogens with one attached hydrogen (secondary N) is 1. The van der Waals surface area contributed by atoms with Crippen LogP contribution in [-0.4, -0.2) is 41.8 Å². The third-order valence-electron chi connectivity index (χ3n) is 2.98. The molecule has 1 amide bonds. The zero-order valence-corrected chi connectivity index (χ0v) is 11.7. The molecule has 4 nitrogen and oxygen atoms in total. The Morgan fingerprint density at radius 1 is 1.18 bits per heavy atom. The number of nitrogens with zero attached hydrogens (tertiary/aromatic N) is 1. The molecule has 17 heavy (non-hydrogen) atoms. The van der Waals surface area contributed by atoms with Gasteiger partial charge in [-0.1, -0.05) is 13.8 Å². The Bertz CT molecular complexity index is 245. The van der Waals surface area contributed by atoms with Gasteiger partial charge in [0.2, 0.25) is 0 Å². The summed E-state index contributed by atoms with van der Waals surface area (Å²) in [6.45, 7) is 11.6. The molecule has 2 bridgehead atoms. The highest BCUT2D eigenvalue weighted by Gasteiger charge is 2.41. The van der Waals surface area contributed by atoms with E-state index >= 15 is 0 Å². The summed E-state index contributed by atoms with van der Waals surface area (Å²) >= 11 is 0. The van der Waals surface area contributed by atoms with Crippen LogP contribution >= 0.6 is 0 Å². The first kappa shape index (κ1) is 14.3. The minimum atomic E-state index is -0.388. The number of fused-ring (bicyclic) bond motifs is 2. The molecule has 0 aromatic carbocycles. The molecule has 2 aliphatic rings. The lowest BCUT2D eigenvalue weighted by Gasteiger charge is -2.36. The Balaban J connectivity index is 0.000000686. The molecule has 0 aliphatic carbocycles. The van der Waals surface area contributed by atoms with Crippen molar-refractivity contribution in [2.24, 2.45) is 0 Å². The summed E-state index contributed by atoms with van der Waals surface area (Å²) in [6, 6.07) is 0.692. The topological polar surface area (TPSA) is 41.6 Å². The number of ether oxygens (including phenoxy) is 1. The highest BCUT2D eigenvalue weighted by atomic mass is 16.6. The second kappa shape index (κ2) is 5.71. The van der Waals surface area contributed by atoms with Gasteiger partial charge in [0, 0.05) is 25.2 Å². The highest BCUT2D eigenvalue weighted by Crippen LogP contribution is 2.28. The minimum Gasteiger partial charge on any atom is -0.444 e. The zero-order valence-electron chi connectivity index (χ0n) is 11.7. The Hall–Kier alpha value is -0.770. The molecule has 2 saturated heterocycles. The van der Waals surface area contributed by atoms with Crippen molar-refractivity contribution in [3.8, 4) is 0 Å². The van der Waals surface area contributed by atoms with Gasteiger partial charge in [-0.15, -0.1) is 0 Å². The molecule has 2 rings (SSSR count). The number of amides is 1. The fourth-order valence-electron chi connectivity index (χ4n) is 2.39. The Morgan fingerprint density at radius 2 is 1.65 bits per heavy atom. The molecule has 0 aromatic rings. The summed E-state index contributed by atoms with van der Waals surface area (Å²) in [5.74, 6) is 0. The van der Waals surface area contributed by atoms with E-state index in [1.54, 1.807) is 0 Å². The van der Waals surface area contributed by atoms with Gasteiger partial charge in [0.15, 0.2) is 0 Å². The molecule has 2 heterocycles. The maximum absolute atomic E-state index is 12.0. The van der Waals surface area contributed by atoms with Crippen LogP contribution in [0.5, 0.6) is 0 Å². The Morgan fingerprint density at radius 3 is 2.06 bits per heavy atom. The molecule has 0 aromatic heterocycles. The lowest BCUT2D eigenvalue weighted by atomic mass is 10.2. The molecule has 2 atom stereocenters. The minimum absolute atomic E-state index is 0.142. The van der Waals surface area contributed by atoms with E-state index in [-0.39, 0.29) is 11.7 Å². The monoisotopic (exact) mass is 242 g/mol. The van der Waals surface area contributed by atoms with Gasteiger partial charge in [-0.3, -0.25) is 4.90 Å². The van der Waals surface area contributed by atoms with E-state index in [1.165, 1.54) is 0 Å². The average molecular weight is 242 g/mol. The van der Waals surface area contributed by atoms with Gasteiger partial charge < -0.3 is 10.1 Å². The van der Waals surface area contributed by atoms with Crippen molar-refractivity contribution < 1.29 is 9.53 Å². The lowest BCUT2D eigenvalue weighted by molar-refractivity contribution is 0.0102. The zero-order chi connectivity index (χ0) is 13.1. The summed E-state index contributed by atoms with van der Waals surface area (Å²) in [7, 11) is 0. The first-order valence-electron chi connectivity index (χ1n) is 6.69. The van der Waals surface area contributed by atoms with E-state index in [4.69, 9.17) is 4.74 Å². The van der Waals surface area contributed by atoms with Gasteiger partial charge in [-0.25, -0.2) is 4.79 Å². The van der Waals surface area contributed by atoms with Crippen LogP contribution in [0.4, 0.5) is 4.79 Å². The third kappa shape index (κ3) is 3.60. The van der Waals surface area contributed by atoms with Crippen molar-refractivity contribution in [2.45, 2.75) is 65.1 Å². The van der Waals surface area contributed by atoms with E-state index in [9.17, 15) is 4.79 Å². The molecule has 0 saturated carbocycles. The van der Waals surface area contributed by atoms with Crippen molar-refractivity contribution in [1.29, 1.82) is 0 Å². The van der Waals surface area contributed by atoms with E-state index < -0.39 is 0 Å². The number of hydrogen-bond acceptors (Lipinski definition) is 3. The summed E-state index contributed by atoms with van der Waals surface area (Å²) in [6.07, 6.45) is 2.07. The highest BCUT2D eigenvalue weighted by molar-refractivity contribution is 5.69. The number of rotatable bonds is 0. The molecule has 4 heteroatoms. The smallest absolute Gasteiger partial charge is 0.410 e. The van der Waals surface area contributed by atoms with Gasteiger partial charge in [-0.05, 0) is 33.6 Å². The Labute approximate surface area is 105 Å². The summed E-state index contributed by atoms with van der Waals surface area (Å²) in [4.78, 5) is 13.9. The molecule has 2 unspecified atom stereocenters. The average Bonchev–Trinajstić information content (AvgIpc) is 2.50. The normalized spacial score (nSPS) is 27.2. The first-order valence-corrected chi connectivity index (χ1v) is 6.69. The van der Waals surface area contributed by atoms with Crippen LogP contribution in [0.2, 0.25) is 0 Å². The molecule has 2 fully saturated rings. The predicted octanol–water partition coefficient (Wildman–Crippen LogP) is 2.38. The van der Waals surface area contributed by atoms with Crippen LogP contribution in [-0.2, 0) is 4.74 Å². The van der Waals surface area contributed by atoms with Gasteiger partial charge in [0.25, 0.3) is 0 Å². The molecule has 0 radical (unpaired) electrons. The molecule has 1 N–H and O–H groups in total. The van der Waals surface area contributed by atoms with Gasteiger partial charge >= 0.3 is 6.09 Å². The molecule has 100 valence electrons.